The largest absolute Gasteiger partial charge is 0.366 e. The first kappa shape index (κ1) is 18.1. The van der Waals surface area contributed by atoms with Gasteiger partial charge in [0.2, 0.25) is 5.95 Å². The van der Waals surface area contributed by atoms with Crippen molar-refractivity contribution in [2.75, 3.05) is 37.8 Å². The molecule has 1 aliphatic rings. The molecule has 0 aliphatic heterocycles. The van der Waals surface area contributed by atoms with E-state index in [1.54, 1.807) is 0 Å². The number of benzene rings is 1. The number of anilines is 2. The van der Waals surface area contributed by atoms with Crippen LogP contribution in [0.3, 0.4) is 0 Å². The van der Waals surface area contributed by atoms with Crippen molar-refractivity contribution in [3.8, 4) is 0 Å². The third kappa shape index (κ3) is 5.97. The van der Waals surface area contributed by atoms with Crippen LogP contribution in [0.5, 0.6) is 0 Å². The molecule has 1 saturated carbocycles. The Balaban J connectivity index is 1.62. The molecule has 0 amide bonds. The monoisotopic (exact) mass is 403 g/mol. The van der Waals surface area contributed by atoms with E-state index < -0.39 is 0 Å². The molecular weight excluding hydrogens is 378 g/mol. The van der Waals surface area contributed by atoms with Gasteiger partial charge in [-0.25, -0.2) is 4.98 Å². The van der Waals surface area contributed by atoms with Gasteiger partial charge in [0.25, 0.3) is 0 Å². The zero-order valence-corrected chi connectivity index (χ0v) is 16.5. The molecule has 1 aromatic heterocycles. The summed E-state index contributed by atoms with van der Waals surface area (Å²) in [6.07, 6.45) is 3.55. The van der Waals surface area contributed by atoms with Gasteiger partial charge in [0, 0.05) is 29.5 Å². The average molecular weight is 404 g/mol. The standard InChI is InChI=1S/C19H26BrN5/c1-25(2)11-3-10-21-19-23-17(15-6-7-15)12-18(24-19)22-13-14-4-8-16(20)9-5-14/h4-5,8-9,12,15H,3,6-7,10-11,13H2,1-2H3,(H2,21,22,23,24). The molecule has 1 aliphatic carbocycles. The smallest absolute Gasteiger partial charge is 0.224 e. The zero-order valence-electron chi connectivity index (χ0n) is 14.9. The molecular formula is C19H26BrN5. The molecule has 5 nitrogen and oxygen atoms in total. The van der Waals surface area contributed by atoms with Gasteiger partial charge in [0.15, 0.2) is 0 Å². The summed E-state index contributed by atoms with van der Waals surface area (Å²) in [5, 5.41) is 6.81. The summed E-state index contributed by atoms with van der Waals surface area (Å²) < 4.78 is 1.10. The molecule has 0 bridgehead atoms. The normalized spacial score (nSPS) is 13.9. The molecule has 0 unspecified atom stereocenters. The van der Waals surface area contributed by atoms with Crippen LogP contribution in [-0.4, -0.2) is 42.1 Å². The molecule has 134 valence electrons. The minimum absolute atomic E-state index is 0.610. The second-order valence-corrected chi connectivity index (χ2v) is 7.76. The summed E-state index contributed by atoms with van der Waals surface area (Å²) in [6, 6.07) is 10.4. The Morgan fingerprint density at radius 1 is 1.12 bits per heavy atom. The van der Waals surface area contributed by atoms with E-state index in [0.717, 1.165) is 48.0 Å². The Labute approximate surface area is 158 Å². The summed E-state index contributed by atoms with van der Waals surface area (Å²) in [5.41, 5.74) is 2.39. The van der Waals surface area contributed by atoms with E-state index in [4.69, 9.17) is 4.98 Å². The fourth-order valence-electron chi connectivity index (χ4n) is 2.61. The highest BCUT2D eigenvalue weighted by Crippen LogP contribution is 2.39. The van der Waals surface area contributed by atoms with Crippen molar-refractivity contribution >= 4 is 27.7 Å². The first-order chi connectivity index (χ1) is 12.1. The Morgan fingerprint density at radius 3 is 2.56 bits per heavy atom. The van der Waals surface area contributed by atoms with Crippen LogP contribution in [0.25, 0.3) is 0 Å². The highest BCUT2D eigenvalue weighted by Gasteiger charge is 2.26. The molecule has 1 aromatic carbocycles. The van der Waals surface area contributed by atoms with Crippen LogP contribution in [0, 0.1) is 0 Å². The summed E-state index contributed by atoms with van der Waals surface area (Å²) in [6.45, 7) is 2.71. The quantitative estimate of drug-likeness (QED) is 0.617. The molecule has 1 fully saturated rings. The van der Waals surface area contributed by atoms with E-state index in [9.17, 15) is 0 Å². The maximum Gasteiger partial charge on any atom is 0.224 e. The maximum absolute atomic E-state index is 4.70. The number of nitrogens with one attached hydrogen (secondary N) is 2. The molecule has 2 N–H and O–H groups in total. The molecule has 2 aromatic rings. The van der Waals surface area contributed by atoms with Gasteiger partial charge in [-0.3, -0.25) is 0 Å². The van der Waals surface area contributed by atoms with Crippen LogP contribution in [0.4, 0.5) is 11.8 Å². The highest BCUT2D eigenvalue weighted by molar-refractivity contribution is 9.10. The molecule has 0 atom stereocenters. The molecule has 3 rings (SSSR count). The summed E-state index contributed by atoms with van der Waals surface area (Å²) in [5.74, 6) is 2.25. The lowest BCUT2D eigenvalue weighted by atomic mass is 10.2. The van der Waals surface area contributed by atoms with Crippen LogP contribution < -0.4 is 10.6 Å². The van der Waals surface area contributed by atoms with Crippen molar-refractivity contribution < 1.29 is 0 Å². The van der Waals surface area contributed by atoms with Gasteiger partial charge in [-0.15, -0.1) is 0 Å². The number of halogens is 1. The second-order valence-electron chi connectivity index (χ2n) is 6.84. The van der Waals surface area contributed by atoms with Crippen molar-refractivity contribution in [3.63, 3.8) is 0 Å². The minimum Gasteiger partial charge on any atom is -0.366 e. The third-order valence-corrected chi connectivity index (χ3v) is 4.72. The van der Waals surface area contributed by atoms with Gasteiger partial charge in [0.05, 0.1) is 5.69 Å². The van der Waals surface area contributed by atoms with Gasteiger partial charge in [-0.1, -0.05) is 28.1 Å². The average Bonchev–Trinajstić information content (AvgIpc) is 3.43. The Bertz CT molecular complexity index is 683. The SMILES string of the molecule is CN(C)CCCNc1nc(NCc2ccc(Br)cc2)cc(C2CC2)n1. The van der Waals surface area contributed by atoms with Crippen LogP contribution in [0.15, 0.2) is 34.8 Å². The fourth-order valence-corrected chi connectivity index (χ4v) is 2.88. The molecule has 6 heteroatoms. The number of rotatable bonds is 9. The summed E-state index contributed by atoms with van der Waals surface area (Å²) in [7, 11) is 4.18. The van der Waals surface area contributed by atoms with E-state index >= 15 is 0 Å². The first-order valence-electron chi connectivity index (χ1n) is 8.86. The third-order valence-electron chi connectivity index (χ3n) is 4.19. The number of hydrogen-bond donors (Lipinski definition) is 2. The lowest BCUT2D eigenvalue weighted by Crippen LogP contribution is -2.17. The predicted octanol–water partition coefficient (Wildman–Crippen LogP) is 4.09. The van der Waals surface area contributed by atoms with Crippen molar-refractivity contribution in [3.05, 3.63) is 46.1 Å². The Kier molecular flexibility index (Phi) is 6.26. The molecule has 25 heavy (non-hydrogen) atoms. The summed E-state index contributed by atoms with van der Waals surface area (Å²) in [4.78, 5) is 11.5. The second kappa shape index (κ2) is 8.63. The number of aromatic nitrogens is 2. The predicted molar refractivity (Wildman–Crippen MR) is 107 cm³/mol. The highest BCUT2D eigenvalue weighted by atomic mass is 79.9. The maximum atomic E-state index is 4.70. The zero-order chi connectivity index (χ0) is 17.6. The first-order valence-corrected chi connectivity index (χ1v) is 9.65. The van der Waals surface area contributed by atoms with Crippen LogP contribution in [0.1, 0.15) is 36.4 Å². The van der Waals surface area contributed by atoms with Crippen molar-refractivity contribution in [2.45, 2.75) is 31.7 Å². The van der Waals surface area contributed by atoms with Crippen molar-refractivity contribution in [1.29, 1.82) is 0 Å². The van der Waals surface area contributed by atoms with E-state index in [1.807, 2.05) is 0 Å². The van der Waals surface area contributed by atoms with Gasteiger partial charge < -0.3 is 15.5 Å². The van der Waals surface area contributed by atoms with Crippen LogP contribution >= 0.6 is 15.9 Å². The van der Waals surface area contributed by atoms with Crippen molar-refractivity contribution in [2.24, 2.45) is 0 Å². The number of nitrogens with zero attached hydrogens (tertiary/aromatic N) is 3. The van der Waals surface area contributed by atoms with Crippen molar-refractivity contribution in [1.82, 2.24) is 14.9 Å². The van der Waals surface area contributed by atoms with E-state index in [0.29, 0.717) is 5.92 Å². The molecule has 0 saturated heterocycles. The van der Waals surface area contributed by atoms with Crippen LogP contribution in [-0.2, 0) is 6.54 Å². The van der Waals surface area contributed by atoms with Gasteiger partial charge in [-0.2, -0.15) is 4.98 Å². The van der Waals surface area contributed by atoms with Gasteiger partial charge in [0.1, 0.15) is 5.82 Å². The topological polar surface area (TPSA) is 53.1 Å². The fraction of sp³-hybridized carbons (Fsp3) is 0.474. The van der Waals surface area contributed by atoms with Crippen LogP contribution in [0.2, 0.25) is 0 Å². The lowest BCUT2D eigenvalue weighted by Gasteiger charge is -2.12. The number of hydrogen-bond acceptors (Lipinski definition) is 5. The Hall–Kier alpha value is -1.66. The van der Waals surface area contributed by atoms with Gasteiger partial charge >= 0.3 is 0 Å². The Morgan fingerprint density at radius 2 is 1.88 bits per heavy atom. The van der Waals surface area contributed by atoms with Gasteiger partial charge in [-0.05, 0) is 57.6 Å². The molecule has 1 heterocycles. The van der Waals surface area contributed by atoms with E-state index in [-0.39, 0.29) is 0 Å². The van der Waals surface area contributed by atoms with E-state index in [2.05, 4.69) is 80.9 Å². The molecule has 0 radical (unpaired) electrons. The minimum atomic E-state index is 0.610. The summed E-state index contributed by atoms with van der Waals surface area (Å²) >= 11 is 3.47. The molecule has 0 spiro atoms. The van der Waals surface area contributed by atoms with E-state index in [1.165, 1.54) is 18.4 Å². The lowest BCUT2D eigenvalue weighted by molar-refractivity contribution is 0.405.